The van der Waals surface area contributed by atoms with Crippen LogP contribution in [-0.4, -0.2) is 52.5 Å². The Labute approximate surface area is 183 Å². The highest BCUT2D eigenvalue weighted by atomic mass is 16.1. The van der Waals surface area contributed by atoms with E-state index in [1.54, 1.807) is 12.4 Å². The fourth-order valence-corrected chi connectivity index (χ4v) is 4.76. The first-order valence-electron chi connectivity index (χ1n) is 11.5. The van der Waals surface area contributed by atoms with Crippen LogP contribution in [0.5, 0.6) is 0 Å². The SMILES string of the molecule is O=C(NC1CCCCCC1)c1ccc2ccc(N3CCN(c4ncccn4)CC3)n2c1. The van der Waals surface area contributed by atoms with E-state index in [1.165, 1.54) is 25.7 Å². The average molecular weight is 419 g/mol. The van der Waals surface area contributed by atoms with E-state index >= 15 is 0 Å². The van der Waals surface area contributed by atoms with Gasteiger partial charge in [-0.3, -0.25) is 4.79 Å². The quantitative estimate of drug-likeness (QED) is 0.657. The largest absolute Gasteiger partial charge is 0.354 e. The lowest BCUT2D eigenvalue weighted by molar-refractivity contribution is 0.0933. The third-order valence-corrected chi connectivity index (χ3v) is 6.52. The molecule has 1 saturated carbocycles. The molecular weight excluding hydrogens is 388 g/mol. The fourth-order valence-electron chi connectivity index (χ4n) is 4.76. The molecule has 0 radical (unpaired) electrons. The number of pyridine rings is 1. The summed E-state index contributed by atoms with van der Waals surface area (Å²) in [5, 5.41) is 3.27. The maximum absolute atomic E-state index is 12.9. The van der Waals surface area contributed by atoms with E-state index < -0.39 is 0 Å². The molecule has 0 spiro atoms. The van der Waals surface area contributed by atoms with E-state index in [0.29, 0.717) is 6.04 Å². The molecule has 31 heavy (non-hydrogen) atoms. The Kier molecular flexibility index (Phi) is 5.74. The first-order chi connectivity index (χ1) is 15.3. The Balaban J connectivity index is 1.29. The summed E-state index contributed by atoms with van der Waals surface area (Å²) in [7, 11) is 0. The van der Waals surface area contributed by atoms with Crippen molar-refractivity contribution in [2.75, 3.05) is 36.0 Å². The van der Waals surface area contributed by atoms with Gasteiger partial charge in [-0.15, -0.1) is 0 Å². The number of nitrogens with one attached hydrogen (secondary N) is 1. The first kappa shape index (κ1) is 19.8. The van der Waals surface area contributed by atoms with E-state index in [2.05, 4.69) is 41.6 Å². The second-order valence-electron chi connectivity index (χ2n) is 8.59. The molecular formula is C24H30N6O. The summed E-state index contributed by atoms with van der Waals surface area (Å²) in [6, 6.07) is 10.4. The van der Waals surface area contributed by atoms with Crippen LogP contribution in [0.15, 0.2) is 48.9 Å². The van der Waals surface area contributed by atoms with E-state index in [0.717, 1.165) is 61.9 Å². The van der Waals surface area contributed by atoms with Crippen molar-refractivity contribution in [2.24, 2.45) is 0 Å². The zero-order chi connectivity index (χ0) is 21.0. The monoisotopic (exact) mass is 418 g/mol. The first-order valence-corrected chi connectivity index (χ1v) is 11.5. The fraction of sp³-hybridized carbons (Fsp3) is 0.458. The molecule has 1 N–H and O–H groups in total. The molecule has 3 aromatic rings. The second kappa shape index (κ2) is 8.96. The number of piperazine rings is 1. The molecule has 1 saturated heterocycles. The van der Waals surface area contributed by atoms with Crippen LogP contribution in [0, 0.1) is 0 Å². The molecule has 2 aliphatic rings. The zero-order valence-electron chi connectivity index (χ0n) is 17.9. The van der Waals surface area contributed by atoms with Crippen molar-refractivity contribution >= 4 is 23.2 Å². The van der Waals surface area contributed by atoms with Crippen LogP contribution < -0.4 is 15.1 Å². The van der Waals surface area contributed by atoms with Crippen molar-refractivity contribution in [3.05, 3.63) is 54.5 Å². The third kappa shape index (κ3) is 4.36. The van der Waals surface area contributed by atoms with Gasteiger partial charge in [-0.05, 0) is 43.2 Å². The van der Waals surface area contributed by atoms with Gasteiger partial charge >= 0.3 is 0 Å². The number of nitrogens with zero attached hydrogens (tertiary/aromatic N) is 5. The van der Waals surface area contributed by atoms with Crippen molar-refractivity contribution in [3.8, 4) is 0 Å². The summed E-state index contributed by atoms with van der Waals surface area (Å²) in [6.07, 6.45) is 12.8. The lowest BCUT2D eigenvalue weighted by Crippen LogP contribution is -2.47. The van der Waals surface area contributed by atoms with Gasteiger partial charge in [0.1, 0.15) is 5.82 Å². The van der Waals surface area contributed by atoms with Crippen LogP contribution in [0.4, 0.5) is 11.8 Å². The zero-order valence-corrected chi connectivity index (χ0v) is 17.9. The summed E-state index contributed by atoms with van der Waals surface area (Å²) in [5.74, 6) is 1.96. The van der Waals surface area contributed by atoms with Gasteiger partial charge in [0.25, 0.3) is 5.91 Å². The summed E-state index contributed by atoms with van der Waals surface area (Å²) >= 11 is 0. The molecule has 0 unspecified atom stereocenters. The van der Waals surface area contributed by atoms with Crippen LogP contribution in [0.2, 0.25) is 0 Å². The molecule has 7 nitrogen and oxygen atoms in total. The van der Waals surface area contributed by atoms with Crippen LogP contribution in [0.3, 0.4) is 0 Å². The van der Waals surface area contributed by atoms with E-state index in [4.69, 9.17) is 0 Å². The Morgan fingerprint density at radius 1 is 0.871 bits per heavy atom. The van der Waals surface area contributed by atoms with Crippen LogP contribution in [0.25, 0.3) is 5.52 Å². The number of amides is 1. The Hall–Kier alpha value is -3.09. The molecule has 0 aromatic carbocycles. The molecule has 1 aliphatic heterocycles. The van der Waals surface area contributed by atoms with E-state index in [-0.39, 0.29) is 5.91 Å². The Morgan fingerprint density at radius 3 is 2.29 bits per heavy atom. The lowest BCUT2D eigenvalue weighted by Gasteiger charge is -2.35. The van der Waals surface area contributed by atoms with Gasteiger partial charge in [-0.2, -0.15) is 0 Å². The van der Waals surface area contributed by atoms with Gasteiger partial charge in [0.2, 0.25) is 5.95 Å². The highest BCUT2D eigenvalue weighted by molar-refractivity contribution is 5.94. The summed E-state index contributed by atoms with van der Waals surface area (Å²) in [5.41, 5.74) is 1.83. The highest BCUT2D eigenvalue weighted by Gasteiger charge is 2.21. The average Bonchev–Trinajstić information content (AvgIpc) is 3.08. The molecule has 1 amide bonds. The number of anilines is 2. The lowest BCUT2D eigenvalue weighted by atomic mass is 10.1. The normalized spacial score (nSPS) is 18.2. The van der Waals surface area contributed by atoms with Crippen molar-refractivity contribution in [1.29, 1.82) is 0 Å². The van der Waals surface area contributed by atoms with Gasteiger partial charge in [0, 0.05) is 56.3 Å². The maximum atomic E-state index is 12.9. The predicted molar refractivity (Wildman–Crippen MR) is 123 cm³/mol. The summed E-state index contributed by atoms with van der Waals surface area (Å²) < 4.78 is 2.15. The molecule has 0 bridgehead atoms. The number of aromatic nitrogens is 3. The highest BCUT2D eigenvalue weighted by Crippen LogP contribution is 2.23. The van der Waals surface area contributed by atoms with Crippen LogP contribution >= 0.6 is 0 Å². The smallest absolute Gasteiger partial charge is 0.252 e. The summed E-state index contributed by atoms with van der Waals surface area (Å²) in [6.45, 7) is 3.53. The minimum atomic E-state index is 0.0412. The molecule has 4 heterocycles. The van der Waals surface area contributed by atoms with Gasteiger partial charge < -0.3 is 19.5 Å². The minimum Gasteiger partial charge on any atom is -0.354 e. The number of carbonyl (C=O) groups is 1. The Bertz CT molecular complexity index is 1020. The number of hydrogen-bond donors (Lipinski definition) is 1. The number of carbonyl (C=O) groups excluding carboxylic acids is 1. The molecule has 5 rings (SSSR count). The number of rotatable bonds is 4. The van der Waals surface area contributed by atoms with Gasteiger partial charge in [0.05, 0.1) is 5.56 Å². The maximum Gasteiger partial charge on any atom is 0.252 e. The molecule has 0 atom stereocenters. The molecule has 2 fully saturated rings. The van der Waals surface area contributed by atoms with Gasteiger partial charge in [-0.25, -0.2) is 9.97 Å². The van der Waals surface area contributed by atoms with Crippen molar-refractivity contribution in [2.45, 2.75) is 44.6 Å². The third-order valence-electron chi connectivity index (χ3n) is 6.52. The standard InChI is InChI=1S/C24H30N6O/c31-23(27-20-6-3-1-2-4-7-20)19-8-9-21-10-11-22(30(21)18-19)28-14-16-29(17-15-28)24-25-12-5-13-26-24/h5,8-13,18,20H,1-4,6-7,14-17H2,(H,27,31). The van der Waals surface area contributed by atoms with E-state index in [1.807, 2.05) is 24.4 Å². The Morgan fingerprint density at radius 2 is 1.55 bits per heavy atom. The van der Waals surface area contributed by atoms with Crippen molar-refractivity contribution in [1.82, 2.24) is 19.7 Å². The minimum absolute atomic E-state index is 0.0412. The van der Waals surface area contributed by atoms with Gasteiger partial charge in [0.15, 0.2) is 0 Å². The number of hydrogen-bond acceptors (Lipinski definition) is 5. The molecule has 1 aliphatic carbocycles. The molecule has 3 aromatic heterocycles. The predicted octanol–water partition coefficient (Wildman–Crippen LogP) is 3.51. The summed E-state index contributed by atoms with van der Waals surface area (Å²) in [4.78, 5) is 26.3. The molecule has 7 heteroatoms. The van der Waals surface area contributed by atoms with Crippen LogP contribution in [-0.2, 0) is 0 Å². The second-order valence-corrected chi connectivity index (χ2v) is 8.59. The topological polar surface area (TPSA) is 65.8 Å². The van der Waals surface area contributed by atoms with E-state index in [9.17, 15) is 4.79 Å². The van der Waals surface area contributed by atoms with Crippen molar-refractivity contribution in [3.63, 3.8) is 0 Å². The van der Waals surface area contributed by atoms with Crippen molar-refractivity contribution < 1.29 is 4.79 Å². The number of fused-ring (bicyclic) bond motifs is 1. The van der Waals surface area contributed by atoms with Gasteiger partial charge in [-0.1, -0.05) is 25.7 Å². The molecule has 162 valence electrons. The van der Waals surface area contributed by atoms with Crippen LogP contribution in [0.1, 0.15) is 48.9 Å².